The minimum absolute atomic E-state index is 0.0112. The largest absolute Gasteiger partial charge is 0.484 e. The molecule has 0 radical (unpaired) electrons. The topological polar surface area (TPSA) is 38.3 Å². The van der Waals surface area contributed by atoms with E-state index >= 15 is 0 Å². The number of anilines is 1. The number of para-hydroxylation sites is 1. The van der Waals surface area contributed by atoms with Crippen molar-refractivity contribution in [1.29, 1.82) is 0 Å². The van der Waals surface area contributed by atoms with Gasteiger partial charge in [0.2, 0.25) is 0 Å². The summed E-state index contributed by atoms with van der Waals surface area (Å²) in [4.78, 5) is 12.2. The number of amides is 1. The second-order valence-corrected chi connectivity index (χ2v) is 5.97. The van der Waals surface area contributed by atoms with Crippen LogP contribution in [0.2, 0.25) is 0 Å². The van der Waals surface area contributed by atoms with Gasteiger partial charge in [0.15, 0.2) is 6.61 Å². The van der Waals surface area contributed by atoms with Crippen LogP contribution in [-0.4, -0.2) is 12.5 Å². The first-order valence-electron chi connectivity index (χ1n) is 8.32. The SMILES string of the molecule is Cc1ccc(OCC(=O)Nc2ccccc2Cc2ccccc2)cc1. The Labute approximate surface area is 148 Å². The highest BCUT2D eigenvalue weighted by atomic mass is 16.5. The van der Waals surface area contributed by atoms with Gasteiger partial charge in [-0.2, -0.15) is 0 Å². The molecule has 1 amide bonds. The second kappa shape index (κ2) is 8.15. The van der Waals surface area contributed by atoms with Gasteiger partial charge in [0.1, 0.15) is 5.75 Å². The molecule has 3 nitrogen and oxygen atoms in total. The van der Waals surface area contributed by atoms with Gasteiger partial charge < -0.3 is 10.1 Å². The van der Waals surface area contributed by atoms with Gasteiger partial charge in [0.25, 0.3) is 5.91 Å². The van der Waals surface area contributed by atoms with Gasteiger partial charge in [-0.05, 0) is 42.7 Å². The second-order valence-electron chi connectivity index (χ2n) is 5.97. The van der Waals surface area contributed by atoms with Crippen LogP contribution in [0.5, 0.6) is 5.75 Å². The summed E-state index contributed by atoms with van der Waals surface area (Å²) in [5, 5.41) is 2.95. The van der Waals surface area contributed by atoms with Gasteiger partial charge in [-0.3, -0.25) is 4.79 Å². The van der Waals surface area contributed by atoms with Gasteiger partial charge in [-0.25, -0.2) is 0 Å². The molecule has 0 aromatic heterocycles. The quantitative estimate of drug-likeness (QED) is 0.717. The number of ether oxygens (including phenoxy) is 1. The lowest BCUT2D eigenvalue weighted by molar-refractivity contribution is -0.118. The van der Waals surface area contributed by atoms with Crippen molar-refractivity contribution in [2.75, 3.05) is 11.9 Å². The van der Waals surface area contributed by atoms with E-state index in [0.29, 0.717) is 5.75 Å². The third kappa shape index (κ3) is 4.95. The number of nitrogens with one attached hydrogen (secondary N) is 1. The maximum Gasteiger partial charge on any atom is 0.262 e. The Kier molecular flexibility index (Phi) is 5.47. The highest BCUT2D eigenvalue weighted by Gasteiger charge is 2.08. The summed E-state index contributed by atoms with van der Waals surface area (Å²) in [6.07, 6.45) is 0.774. The van der Waals surface area contributed by atoms with E-state index in [4.69, 9.17) is 4.74 Å². The highest BCUT2D eigenvalue weighted by molar-refractivity contribution is 5.92. The molecule has 0 heterocycles. The third-order valence-electron chi connectivity index (χ3n) is 3.92. The van der Waals surface area contributed by atoms with Gasteiger partial charge >= 0.3 is 0 Å². The predicted molar refractivity (Wildman–Crippen MR) is 101 cm³/mol. The summed E-state index contributed by atoms with van der Waals surface area (Å²) in [5.74, 6) is 0.527. The summed E-state index contributed by atoms with van der Waals surface area (Å²) in [7, 11) is 0. The Bertz CT molecular complexity index is 826. The Morgan fingerprint density at radius 3 is 2.32 bits per heavy atom. The first-order valence-corrected chi connectivity index (χ1v) is 8.32. The molecule has 0 bridgehead atoms. The first-order chi connectivity index (χ1) is 12.2. The lowest BCUT2D eigenvalue weighted by Gasteiger charge is -2.12. The molecule has 0 aliphatic heterocycles. The Morgan fingerprint density at radius 2 is 1.56 bits per heavy atom. The summed E-state index contributed by atoms with van der Waals surface area (Å²) < 4.78 is 5.54. The van der Waals surface area contributed by atoms with Gasteiger partial charge in [0.05, 0.1) is 0 Å². The summed E-state index contributed by atoms with van der Waals surface area (Å²) in [6.45, 7) is 2.00. The molecule has 0 spiro atoms. The molecule has 0 atom stereocenters. The van der Waals surface area contributed by atoms with E-state index in [1.54, 1.807) is 0 Å². The molecule has 1 N–H and O–H groups in total. The normalized spacial score (nSPS) is 10.3. The fraction of sp³-hybridized carbons (Fsp3) is 0.136. The summed E-state index contributed by atoms with van der Waals surface area (Å²) in [5.41, 5.74) is 4.27. The summed E-state index contributed by atoms with van der Waals surface area (Å²) >= 11 is 0. The van der Waals surface area contributed by atoms with Crippen molar-refractivity contribution in [3.8, 4) is 5.75 Å². The number of carbonyl (C=O) groups excluding carboxylic acids is 1. The Morgan fingerprint density at radius 1 is 0.880 bits per heavy atom. The smallest absolute Gasteiger partial charge is 0.262 e. The molecule has 0 aliphatic rings. The number of aryl methyl sites for hydroxylation is 1. The van der Waals surface area contributed by atoms with Gasteiger partial charge in [-0.1, -0.05) is 66.2 Å². The zero-order valence-corrected chi connectivity index (χ0v) is 14.2. The highest BCUT2D eigenvalue weighted by Crippen LogP contribution is 2.19. The van der Waals surface area contributed by atoms with Crippen LogP contribution in [0, 0.1) is 6.92 Å². The van der Waals surface area contributed by atoms with E-state index in [2.05, 4.69) is 17.4 Å². The van der Waals surface area contributed by atoms with Crippen molar-refractivity contribution in [3.63, 3.8) is 0 Å². The molecule has 3 aromatic rings. The van der Waals surface area contributed by atoms with Crippen LogP contribution in [-0.2, 0) is 11.2 Å². The van der Waals surface area contributed by atoms with E-state index in [1.165, 1.54) is 5.56 Å². The van der Waals surface area contributed by atoms with Crippen LogP contribution in [0.1, 0.15) is 16.7 Å². The van der Waals surface area contributed by atoms with E-state index in [1.807, 2.05) is 73.7 Å². The standard InChI is InChI=1S/C22H21NO2/c1-17-11-13-20(14-12-17)25-16-22(24)23-21-10-6-5-9-19(21)15-18-7-3-2-4-8-18/h2-14H,15-16H2,1H3,(H,23,24). The lowest BCUT2D eigenvalue weighted by atomic mass is 10.0. The van der Waals surface area contributed by atoms with Crippen molar-refractivity contribution in [2.24, 2.45) is 0 Å². The van der Waals surface area contributed by atoms with Crippen LogP contribution in [0.25, 0.3) is 0 Å². The van der Waals surface area contributed by atoms with Crippen molar-refractivity contribution in [2.45, 2.75) is 13.3 Å². The fourth-order valence-electron chi connectivity index (χ4n) is 2.58. The minimum Gasteiger partial charge on any atom is -0.484 e. The molecule has 3 heteroatoms. The minimum atomic E-state index is -0.166. The van der Waals surface area contributed by atoms with Crippen LogP contribution in [0.15, 0.2) is 78.9 Å². The maximum absolute atomic E-state index is 12.2. The van der Waals surface area contributed by atoms with Crippen LogP contribution >= 0.6 is 0 Å². The molecular formula is C22H21NO2. The Balaban J connectivity index is 1.62. The molecule has 0 saturated carbocycles. The van der Waals surface area contributed by atoms with E-state index in [0.717, 1.165) is 23.2 Å². The number of hydrogen-bond acceptors (Lipinski definition) is 2. The average Bonchev–Trinajstić information content (AvgIpc) is 2.64. The number of hydrogen-bond donors (Lipinski definition) is 1. The molecule has 3 aromatic carbocycles. The van der Waals surface area contributed by atoms with Crippen molar-refractivity contribution >= 4 is 11.6 Å². The lowest BCUT2D eigenvalue weighted by Crippen LogP contribution is -2.21. The molecular weight excluding hydrogens is 310 g/mol. The molecule has 3 rings (SSSR count). The third-order valence-corrected chi connectivity index (χ3v) is 3.92. The van der Waals surface area contributed by atoms with Gasteiger partial charge in [0, 0.05) is 5.69 Å². The van der Waals surface area contributed by atoms with Crippen LogP contribution in [0.3, 0.4) is 0 Å². The van der Waals surface area contributed by atoms with Crippen molar-refractivity contribution in [3.05, 3.63) is 95.6 Å². The molecule has 0 unspecified atom stereocenters. The van der Waals surface area contributed by atoms with Gasteiger partial charge in [-0.15, -0.1) is 0 Å². The van der Waals surface area contributed by atoms with E-state index in [-0.39, 0.29) is 12.5 Å². The zero-order chi connectivity index (χ0) is 17.5. The number of benzene rings is 3. The Hall–Kier alpha value is -3.07. The maximum atomic E-state index is 12.2. The van der Waals surface area contributed by atoms with Crippen molar-refractivity contribution in [1.82, 2.24) is 0 Å². The van der Waals surface area contributed by atoms with E-state index in [9.17, 15) is 4.79 Å². The number of carbonyl (C=O) groups is 1. The predicted octanol–water partition coefficient (Wildman–Crippen LogP) is 4.60. The molecule has 0 aliphatic carbocycles. The average molecular weight is 331 g/mol. The zero-order valence-electron chi connectivity index (χ0n) is 14.2. The molecule has 25 heavy (non-hydrogen) atoms. The fourth-order valence-corrected chi connectivity index (χ4v) is 2.58. The molecule has 126 valence electrons. The van der Waals surface area contributed by atoms with E-state index < -0.39 is 0 Å². The number of rotatable bonds is 6. The molecule has 0 saturated heterocycles. The summed E-state index contributed by atoms with van der Waals surface area (Å²) in [6, 6.07) is 25.7. The molecule has 0 fully saturated rings. The monoisotopic (exact) mass is 331 g/mol. The van der Waals surface area contributed by atoms with Crippen LogP contribution in [0.4, 0.5) is 5.69 Å². The van der Waals surface area contributed by atoms with Crippen LogP contribution < -0.4 is 10.1 Å². The first kappa shape index (κ1) is 16.8. The van der Waals surface area contributed by atoms with Crippen molar-refractivity contribution < 1.29 is 9.53 Å².